The number of rotatable bonds is 50. The monoisotopic (exact) mass is 1520 g/mol. The Morgan fingerprint density at radius 3 is 1.94 bits per heavy atom. The van der Waals surface area contributed by atoms with Crippen LogP contribution in [0.4, 0.5) is 10.5 Å². The Balaban J connectivity index is 0.000000275. The minimum Gasteiger partial charge on any atom is -0.508 e. The maximum atomic E-state index is 14.0. The van der Waals surface area contributed by atoms with Gasteiger partial charge in [0.1, 0.15) is 37.1 Å². The summed E-state index contributed by atoms with van der Waals surface area (Å²) < 4.78 is 69.1. The predicted molar refractivity (Wildman–Crippen MR) is 399 cm³/mol. The third-order valence-electron chi connectivity index (χ3n) is 19.7. The molecule has 0 spiro atoms. The number of amides is 3. The highest BCUT2D eigenvalue weighted by molar-refractivity contribution is 6.03. The van der Waals surface area contributed by atoms with Crippen LogP contribution in [0.1, 0.15) is 165 Å². The van der Waals surface area contributed by atoms with E-state index in [1.165, 1.54) is 11.8 Å². The van der Waals surface area contributed by atoms with E-state index in [1.807, 2.05) is 20.0 Å². The lowest BCUT2D eigenvalue weighted by atomic mass is 9.79. The number of nitrogens with one attached hydrogen (secondary N) is 1. The summed E-state index contributed by atoms with van der Waals surface area (Å²) in [5.41, 5.74) is 3.61. The van der Waals surface area contributed by atoms with E-state index < -0.39 is 23.6 Å². The second-order valence-corrected chi connectivity index (χ2v) is 27.8. The van der Waals surface area contributed by atoms with Crippen LogP contribution in [0, 0.1) is 23.7 Å². The summed E-state index contributed by atoms with van der Waals surface area (Å²) in [6, 6.07) is 13.4. The van der Waals surface area contributed by atoms with Gasteiger partial charge in [0.15, 0.2) is 5.78 Å². The number of likely N-dealkylation sites (tertiary alicyclic amines) is 1. The van der Waals surface area contributed by atoms with Crippen molar-refractivity contribution >= 4 is 63.8 Å². The number of Topliss-reactive ketones (excluding diaryl/α,β-unsaturated/α-hetero) is 3. The Labute approximate surface area is 637 Å². The van der Waals surface area contributed by atoms with Crippen molar-refractivity contribution in [1.82, 2.24) is 29.4 Å². The van der Waals surface area contributed by atoms with Gasteiger partial charge in [0.25, 0.3) is 5.56 Å². The molecule has 2 N–H and O–H groups in total. The van der Waals surface area contributed by atoms with E-state index in [-0.39, 0.29) is 114 Å². The number of pyridine rings is 2. The second-order valence-electron chi connectivity index (χ2n) is 27.8. The lowest BCUT2D eigenvalue weighted by Crippen LogP contribution is -2.47. The van der Waals surface area contributed by atoms with Gasteiger partial charge in [0.05, 0.1) is 140 Å². The molecular weight excluding hydrogens is 1410 g/mol. The normalized spacial score (nSPS) is 17.5. The number of benzene rings is 2. The fraction of sp³-hybridized carbons (Fsp3) is 0.625. The molecule has 29 heteroatoms. The van der Waals surface area contributed by atoms with Crippen molar-refractivity contribution in [2.75, 3.05) is 131 Å². The summed E-state index contributed by atoms with van der Waals surface area (Å²) in [4.78, 5) is 120. The number of cyclic esters (lactones) is 1. The molecule has 0 bridgehead atoms. The van der Waals surface area contributed by atoms with Gasteiger partial charge in [-0.3, -0.25) is 33.7 Å². The highest BCUT2D eigenvalue weighted by Gasteiger charge is 2.51. The molecule has 4 aliphatic rings. The molecule has 3 atom stereocenters. The summed E-state index contributed by atoms with van der Waals surface area (Å²) in [5.74, 6) is -1.00. The zero-order valence-corrected chi connectivity index (χ0v) is 64.3. The lowest BCUT2D eigenvalue weighted by molar-refractivity contribution is -0.175. The number of hydrogen-bond acceptors (Lipinski definition) is 25. The summed E-state index contributed by atoms with van der Waals surface area (Å²) in [7, 11) is 0. The average Bonchev–Trinajstić information content (AvgIpc) is 1.65. The molecule has 1 saturated heterocycles. The number of aromatic hydroxyl groups is 1. The molecule has 3 aromatic heterocycles. The largest absolute Gasteiger partial charge is 0.510 e. The number of esters is 1. The van der Waals surface area contributed by atoms with Crippen LogP contribution in [0.15, 0.2) is 59.5 Å². The number of phenolic OH excluding ortho intramolecular Hbond substituents is 1. The van der Waals surface area contributed by atoms with Gasteiger partial charge >= 0.3 is 12.1 Å². The van der Waals surface area contributed by atoms with E-state index in [9.17, 15) is 48.3 Å². The number of aryl methyl sites for hydroxylation is 2. The van der Waals surface area contributed by atoms with Crippen molar-refractivity contribution < 1.29 is 100 Å². The molecule has 598 valence electrons. The zero-order chi connectivity index (χ0) is 77.9. The summed E-state index contributed by atoms with van der Waals surface area (Å²) in [6.07, 6.45) is 10.9. The van der Waals surface area contributed by atoms with Gasteiger partial charge in [-0.15, -0.1) is 5.10 Å². The number of hydrogen-bond donors (Lipinski definition) is 2. The van der Waals surface area contributed by atoms with Crippen LogP contribution < -0.4 is 10.9 Å². The Kier molecular flexibility index (Phi) is 36.3. The molecule has 2 aromatic carbocycles. The fourth-order valence-corrected chi connectivity index (χ4v) is 13.7. The minimum absolute atomic E-state index is 0.0220. The molecule has 0 radical (unpaired) electrons. The molecule has 1 aliphatic carbocycles. The molecule has 1 saturated carbocycles. The van der Waals surface area contributed by atoms with E-state index in [0.29, 0.717) is 199 Å². The van der Waals surface area contributed by atoms with Crippen molar-refractivity contribution in [3.63, 3.8) is 0 Å². The zero-order valence-electron chi connectivity index (χ0n) is 64.3. The van der Waals surface area contributed by atoms with Gasteiger partial charge in [0.2, 0.25) is 23.3 Å². The summed E-state index contributed by atoms with van der Waals surface area (Å²) in [5, 5.41) is 22.2. The number of carbonyl (C=O) groups is 8. The Morgan fingerprint density at radius 2 is 1.36 bits per heavy atom. The standard InChI is InChI=1S/C40H68N4O13.C40H43N3O9/c1-3-49-32-37(45)5-4-13-50-15-17-52-19-21-54-23-25-56-27-28-57-26-24-55-22-20-53-18-16-51-14-12-43-31-36(41-42-43)10-11-38(46)35-8-6-34(7-9-35)30-44-39(47)29-33(2)40(44)48;1-5-8-9-10-25(17-23(4)44)36(46)41-26-13-11-24(12-14-26)21-51-39(49)52-40(7-3)32-19-34-35-30(20-43(34)37(47)31(32)22-50-38(40)48)28(6-2)29-18-27(45)15-16-33(29)42-35/h31,33-35H,3-30,32H2,1-2H3;11-16,18-19,25,45H,5-10,17,20-22H2,1-4H3,(H,41,46). The number of ether oxygens (including phenoxy) is 12. The highest BCUT2D eigenvalue weighted by atomic mass is 16.7. The molecule has 5 aromatic rings. The number of aromatic nitrogens is 5. The lowest BCUT2D eigenvalue weighted by Gasteiger charge is -2.35. The van der Waals surface area contributed by atoms with Crippen molar-refractivity contribution in [2.24, 2.45) is 23.7 Å². The number of fused-ring (bicyclic) bond motifs is 5. The average molecular weight is 1520 g/mol. The molecule has 109 heavy (non-hydrogen) atoms. The van der Waals surface area contributed by atoms with Crippen LogP contribution in [0.3, 0.4) is 0 Å². The van der Waals surface area contributed by atoms with Crippen molar-refractivity contribution in [3.05, 3.63) is 98.6 Å². The van der Waals surface area contributed by atoms with Crippen LogP contribution in [0.5, 0.6) is 5.75 Å². The number of imide groups is 1. The van der Waals surface area contributed by atoms with E-state index in [1.54, 1.807) is 71.6 Å². The second kappa shape index (κ2) is 45.8. The summed E-state index contributed by atoms with van der Waals surface area (Å²) >= 11 is 0. The van der Waals surface area contributed by atoms with Gasteiger partial charge in [-0.2, -0.15) is 0 Å². The molecule has 6 heterocycles. The van der Waals surface area contributed by atoms with Crippen LogP contribution in [-0.4, -0.2) is 207 Å². The molecular formula is C80H111N7O22. The predicted octanol–water partition coefficient (Wildman–Crippen LogP) is 9.32. The Bertz CT molecular complexity index is 3830. The van der Waals surface area contributed by atoms with Crippen molar-refractivity contribution in [2.45, 2.75) is 176 Å². The quantitative estimate of drug-likeness (QED) is 0.0204. The number of unbranched alkanes of at least 4 members (excludes halogenated alkanes) is 2. The summed E-state index contributed by atoms with van der Waals surface area (Å²) in [6.45, 7) is 20.2. The number of phenols is 1. The Hall–Kier alpha value is -8.26. The molecule has 3 aliphatic heterocycles. The number of carbonyl (C=O) groups excluding carboxylic acids is 8. The molecule has 29 nitrogen and oxygen atoms in total. The highest BCUT2D eigenvalue weighted by Crippen LogP contribution is 2.43. The SMILES string of the molecule is CCCCCC(CC(C)=O)C(=O)Nc1ccc(COC(=O)OC2(CC)C(=O)OCc3c2cc2n(c3=O)Cc3c-2nc2ccc(O)cc2c3CC)cc1.CCOCC(=O)CCCOCCOCCOCCOCCOCCOCCOCCOCCn1cc(CCC(=O)C2CCC(CN3C(=O)CC(C)C3=O)CC2)nn1. The van der Waals surface area contributed by atoms with Gasteiger partial charge in [-0.25, -0.2) is 19.3 Å². The third kappa shape index (κ3) is 26.5. The van der Waals surface area contributed by atoms with Crippen molar-refractivity contribution in [1.29, 1.82) is 0 Å². The molecule has 3 unspecified atom stereocenters. The fourth-order valence-electron chi connectivity index (χ4n) is 13.7. The number of ketones is 3. The van der Waals surface area contributed by atoms with Gasteiger partial charge in [-0.05, 0) is 119 Å². The first-order valence-corrected chi connectivity index (χ1v) is 38.7. The Morgan fingerprint density at radius 1 is 0.725 bits per heavy atom. The first kappa shape index (κ1) is 86.3. The molecule has 3 amide bonds. The smallest absolute Gasteiger partial charge is 0.508 e. The number of nitrogens with zero attached hydrogens (tertiary/aromatic N) is 6. The topological polar surface area (TPSA) is 348 Å². The van der Waals surface area contributed by atoms with E-state index >= 15 is 0 Å². The van der Waals surface area contributed by atoms with Crippen molar-refractivity contribution in [3.8, 4) is 17.1 Å². The maximum absolute atomic E-state index is 14.0. The number of anilines is 1. The van der Waals surface area contributed by atoms with Crippen LogP contribution in [0.25, 0.3) is 22.3 Å². The van der Waals surface area contributed by atoms with Gasteiger partial charge in [-0.1, -0.05) is 64.3 Å². The van der Waals surface area contributed by atoms with Crippen LogP contribution in [-0.2, 0) is 135 Å². The molecule has 2 fully saturated rings. The van der Waals surface area contributed by atoms with E-state index in [0.717, 1.165) is 67.2 Å². The molecule has 9 rings (SSSR count). The minimum atomic E-state index is -1.93. The third-order valence-corrected chi connectivity index (χ3v) is 19.7. The van der Waals surface area contributed by atoms with E-state index in [2.05, 4.69) is 22.6 Å². The first-order valence-electron chi connectivity index (χ1n) is 38.7. The first-order chi connectivity index (χ1) is 52.9. The van der Waals surface area contributed by atoms with Gasteiger partial charge < -0.3 is 76.6 Å². The van der Waals surface area contributed by atoms with Gasteiger partial charge in [0, 0.05) is 98.0 Å². The van der Waals surface area contributed by atoms with E-state index in [4.69, 9.17) is 61.8 Å². The van der Waals surface area contributed by atoms with Crippen LogP contribution in [0.2, 0.25) is 0 Å². The maximum Gasteiger partial charge on any atom is 0.510 e. The van der Waals surface area contributed by atoms with Crippen LogP contribution >= 0.6 is 0 Å².